The molecule has 3 aromatic rings. The van der Waals surface area contributed by atoms with Crippen molar-refractivity contribution in [2.24, 2.45) is 5.92 Å². The van der Waals surface area contributed by atoms with Crippen LogP contribution in [0.5, 0.6) is 5.75 Å². The lowest BCUT2D eigenvalue weighted by Crippen LogP contribution is -2.44. The molecule has 2 saturated heterocycles. The Bertz CT molecular complexity index is 1480. The summed E-state index contributed by atoms with van der Waals surface area (Å²) < 4.78 is 7.43. The van der Waals surface area contributed by atoms with Gasteiger partial charge in [0.15, 0.2) is 5.65 Å². The fourth-order valence-electron chi connectivity index (χ4n) is 5.63. The Balaban J connectivity index is 1.46. The molecular weight excluding hydrogens is 520 g/mol. The molecule has 41 heavy (non-hydrogen) atoms. The van der Waals surface area contributed by atoms with Gasteiger partial charge in [-0.1, -0.05) is 20.4 Å². The quantitative estimate of drug-likeness (QED) is 0.415. The van der Waals surface area contributed by atoms with Gasteiger partial charge in [-0.15, -0.1) is 0 Å². The minimum Gasteiger partial charge on any atom is -0.494 e. The number of hydrogen-bond acceptors (Lipinski definition) is 9. The molecule has 0 bridgehead atoms. The molecule has 11 nitrogen and oxygen atoms in total. The van der Waals surface area contributed by atoms with Crippen molar-refractivity contribution in [1.82, 2.24) is 29.3 Å². The van der Waals surface area contributed by atoms with Crippen molar-refractivity contribution in [3.05, 3.63) is 53.1 Å². The number of fused-ring (bicyclic) bond motifs is 1. The van der Waals surface area contributed by atoms with Gasteiger partial charge < -0.3 is 24.8 Å². The van der Waals surface area contributed by atoms with E-state index in [0.29, 0.717) is 48.2 Å². The number of rotatable bonds is 8. The van der Waals surface area contributed by atoms with Crippen LogP contribution in [0.3, 0.4) is 0 Å². The average molecular weight is 561 g/mol. The third-order valence-corrected chi connectivity index (χ3v) is 8.00. The van der Waals surface area contributed by atoms with E-state index in [9.17, 15) is 9.59 Å². The number of nitrogens with one attached hydrogen (secondary N) is 1. The van der Waals surface area contributed by atoms with Crippen molar-refractivity contribution in [2.45, 2.75) is 39.2 Å². The Hall–Kier alpha value is -3.99. The monoisotopic (exact) mass is 560 g/mol. The highest BCUT2D eigenvalue weighted by molar-refractivity contribution is 5.87. The van der Waals surface area contributed by atoms with E-state index in [1.165, 1.54) is 6.08 Å². The molecule has 2 fully saturated rings. The first-order chi connectivity index (χ1) is 19.8. The number of anilines is 3. The number of ether oxygens (including phenoxy) is 1. The van der Waals surface area contributed by atoms with Crippen molar-refractivity contribution in [2.75, 3.05) is 63.6 Å². The molecule has 0 spiro atoms. The summed E-state index contributed by atoms with van der Waals surface area (Å²) in [6, 6.07) is 6.07. The van der Waals surface area contributed by atoms with Gasteiger partial charge >= 0.3 is 0 Å². The number of likely N-dealkylation sites (tertiary alicyclic amines) is 1. The Labute approximate surface area is 240 Å². The van der Waals surface area contributed by atoms with E-state index in [-0.39, 0.29) is 23.3 Å². The molecule has 1 N–H and O–H groups in total. The normalized spacial score (nSPS) is 18.1. The number of methoxy groups -OCH3 is 1. The third-order valence-electron chi connectivity index (χ3n) is 8.00. The molecule has 1 amide bonds. The van der Waals surface area contributed by atoms with Gasteiger partial charge in [-0.05, 0) is 44.0 Å². The summed E-state index contributed by atoms with van der Waals surface area (Å²) in [4.78, 5) is 46.3. The molecule has 5 rings (SSSR count). The number of carbonyl (C=O) groups excluding carboxylic acids is 1. The maximum atomic E-state index is 13.6. The van der Waals surface area contributed by atoms with Crippen LogP contribution in [-0.4, -0.2) is 88.7 Å². The second kappa shape index (κ2) is 12.3. The Kier molecular flexibility index (Phi) is 8.53. The molecule has 4 heterocycles. The van der Waals surface area contributed by atoms with Crippen molar-refractivity contribution < 1.29 is 9.53 Å². The fraction of sp³-hybridized carbons (Fsp3) is 0.500. The van der Waals surface area contributed by atoms with Crippen LogP contribution in [0, 0.1) is 5.92 Å². The molecule has 1 aromatic carbocycles. The minimum absolute atomic E-state index is 0.0516. The number of piperazine rings is 1. The van der Waals surface area contributed by atoms with Crippen LogP contribution in [0.15, 0.2) is 41.8 Å². The number of aromatic nitrogens is 4. The summed E-state index contributed by atoms with van der Waals surface area (Å²) in [6.45, 7) is 13.2. The number of nitrogens with zero attached hydrogens (tertiary/aromatic N) is 7. The second-order valence-corrected chi connectivity index (χ2v) is 11.3. The van der Waals surface area contributed by atoms with Crippen LogP contribution in [0.4, 0.5) is 17.3 Å². The van der Waals surface area contributed by atoms with E-state index in [1.807, 2.05) is 26.0 Å². The van der Waals surface area contributed by atoms with E-state index >= 15 is 0 Å². The highest BCUT2D eigenvalue weighted by Gasteiger charge is 2.25. The van der Waals surface area contributed by atoms with E-state index in [2.05, 4.69) is 44.8 Å². The highest BCUT2D eigenvalue weighted by atomic mass is 16.5. The van der Waals surface area contributed by atoms with E-state index in [0.717, 1.165) is 50.4 Å². The van der Waals surface area contributed by atoms with Crippen LogP contribution < -0.4 is 20.5 Å². The van der Waals surface area contributed by atoms with Gasteiger partial charge in [-0.25, -0.2) is 9.97 Å². The molecular formula is C30H40N8O3. The lowest BCUT2D eigenvalue weighted by Gasteiger charge is -2.34. The number of carbonyl (C=O) groups is 1. The zero-order valence-electron chi connectivity index (χ0n) is 24.5. The van der Waals surface area contributed by atoms with Gasteiger partial charge in [0.1, 0.15) is 17.0 Å². The van der Waals surface area contributed by atoms with Crippen molar-refractivity contribution >= 4 is 34.4 Å². The Morgan fingerprint density at radius 3 is 2.68 bits per heavy atom. The van der Waals surface area contributed by atoms with E-state index < -0.39 is 0 Å². The summed E-state index contributed by atoms with van der Waals surface area (Å²) in [5.74, 6) is 1.02. The molecule has 2 aromatic heterocycles. The first kappa shape index (κ1) is 28.5. The van der Waals surface area contributed by atoms with E-state index in [1.54, 1.807) is 22.8 Å². The fourth-order valence-corrected chi connectivity index (χ4v) is 5.63. The largest absolute Gasteiger partial charge is 0.494 e. The molecule has 11 heteroatoms. The molecule has 0 radical (unpaired) electrons. The number of hydrogen-bond donors (Lipinski definition) is 1. The summed E-state index contributed by atoms with van der Waals surface area (Å²) in [5.41, 5.74) is 3.20. The molecule has 0 saturated carbocycles. The van der Waals surface area contributed by atoms with Gasteiger partial charge in [0, 0.05) is 63.5 Å². The van der Waals surface area contributed by atoms with Gasteiger partial charge in [0.05, 0.1) is 19.0 Å². The zero-order chi connectivity index (χ0) is 29.1. The molecule has 2 aliphatic rings. The second-order valence-electron chi connectivity index (χ2n) is 11.3. The van der Waals surface area contributed by atoms with Crippen molar-refractivity contribution in [3.8, 4) is 5.75 Å². The van der Waals surface area contributed by atoms with Crippen LogP contribution >= 0.6 is 0 Å². The van der Waals surface area contributed by atoms with E-state index in [4.69, 9.17) is 9.72 Å². The predicted octanol–water partition coefficient (Wildman–Crippen LogP) is 3.24. The van der Waals surface area contributed by atoms with Crippen LogP contribution in [0.25, 0.3) is 11.2 Å². The lowest BCUT2D eigenvalue weighted by atomic mass is 9.97. The van der Waals surface area contributed by atoms with Crippen molar-refractivity contribution in [3.63, 3.8) is 0 Å². The van der Waals surface area contributed by atoms with Crippen LogP contribution in [-0.2, 0) is 11.3 Å². The molecule has 1 unspecified atom stereocenters. The van der Waals surface area contributed by atoms with Crippen molar-refractivity contribution in [1.29, 1.82) is 0 Å². The SMILES string of the molecule is C=CC(=O)N1CCCC(Cn2c(=O)c(C(C)C)nc3cnc(Nc4ccc(N5CCN(C)CC5)cc4OC)nc32)C1. The summed E-state index contributed by atoms with van der Waals surface area (Å²) in [6.07, 6.45) is 4.81. The molecule has 0 aliphatic carbocycles. The smallest absolute Gasteiger partial charge is 0.274 e. The summed E-state index contributed by atoms with van der Waals surface area (Å²) in [7, 11) is 3.79. The molecule has 2 aliphatic heterocycles. The topological polar surface area (TPSA) is 109 Å². The minimum atomic E-state index is -0.154. The first-order valence-electron chi connectivity index (χ1n) is 14.3. The molecule has 1 atom stereocenters. The number of amides is 1. The molecule has 218 valence electrons. The average Bonchev–Trinajstić information content (AvgIpc) is 2.98. The maximum absolute atomic E-state index is 13.6. The lowest BCUT2D eigenvalue weighted by molar-refractivity contribution is -0.127. The highest BCUT2D eigenvalue weighted by Crippen LogP contribution is 2.32. The standard InChI is InChI=1S/C30H40N8O3/c1-6-26(39)37-11-7-8-21(18-37)19-38-28-24(32-27(20(2)3)29(38)40)17-31-30(34-28)33-23-10-9-22(16-25(23)41-5)36-14-12-35(4)13-15-36/h6,9-10,16-17,20-21H,1,7-8,11-15,18-19H2,2-5H3,(H,31,33,34). The number of likely N-dealkylation sites (N-methyl/N-ethyl adjacent to an activating group) is 1. The van der Waals surface area contributed by atoms with Gasteiger partial charge in [0.25, 0.3) is 5.56 Å². The third kappa shape index (κ3) is 6.19. The Morgan fingerprint density at radius 1 is 1.20 bits per heavy atom. The maximum Gasteiger partial charge on any atom is 0.274 e. The number of piperidine rings is 1. The first-order valence-corrected chi connectivity index (χ1v) is 14.3. The van der Waals surface area contributed by atoms with Gasteiger partial charge in [-0.3, -0.25) is 14.2 Å². The predicted molar refractivity (Wildman–Crippen MR) is 161 cm³/mol. The van der Waals surface area contributed by atoms with Gasteiger partial charge in [0.2, 0.25) is 11.9 Å². The van der Waals surface area contributed by atoms with Crippen LogP contribution in [0.2, 0.25) is 0 Å². The number of benzene rings is 1. The summed E-state index contributed by atoms with van der Waals surface area (Å²) in [5, 5.41) is 3.29. The van der Waals surface area contributed by atoms with Gasteiger partial charge in [-0.2, -0.15) is 4.98 Å². The zero-order valence-corrected chi connectivity index (χ0v) is 24.5. The Morgan fingerprint density at radius 2 is 1.98 bits per heavy atom. The summed E-state index contributed by atoms with van der Waals surface area (Å²) >= 11 is 0. The van der Waals surface area contributed by atoms with Crippen LogP contribution in [0.1, 0.15) is 38.3 Å².